The van der Waals surface area contributed by atoms with Crippen LogP contribution in [0.25, 0.3) is 0 Å². The number of nitrogens with one attached hydrogen (secondary N) is 1. The van der Waals surface area contributed by atoms with Crippen molar-refractivity contribution in [3.8, 4) is 0 Å². The number of hydrogen-bond donors (Lipinski definition) is 1. The molecule has 66 valence electrons. The molecule has 0 aliphatic carbocycles. The first kappa shape index (κ1) is 8.77. The van der Waals surface area contributed by atoms with Gasteiger partial charge in [-0.15, -0.1) is 0 Å². The van der Waals surface area contributed by atoms with Crippen molar-refractivity contribution < 1.29 is 4.52 Å². The Balaban J connectivity index is 2.43. The predicted molar refractivity (Wildman–Crippen MR) is 47.1 cm³/mol. The van der Waals surface area contributed by atoms with Gasteiger partial charge in [0, 0.05) is 13.1 Å². The van der Waals surface area contributed by atoms with Gasteiger partial charge in [-0.05, 0) is 13.8 Å². The van der Waals surface area contributed by atoms with E-state index < -0.39 is 0 Å². The molecule has 0 amide bonds. The minimum absolute atomic E-state index is 0.643. The van der Waals surface area contributed by atoms with Crippen LogP contribution in [0.1, 0.15) is 18.4 Å². The van der Waals surface area contributed by atoms with E-state index in [0.29, 0.717) is 6.54 Å². The summed E-state index contributed by atoms with van der Waals surface area (Å²) >= 11 is 0. The Morgan fingerprint density at radius 1 is 1.75 bits per heavy atom. The maximum atomic E-state index is 4.99. The van der Waals surface area contributed by atoms with Crippen molar-refractivity contribution in [2.24, 2.45) is 4.99 Å². The fraction of sp³-hybridized carbons (Fsp3) is 0.500. The number of aliphatic imine (C=N–C) groups is 1. The molecule has 1 heterocycles. The van der Waals surface area contributed by atoms with Crippen LogP contribution in [0, 0.1) is 6.92 Å². The van der Waals surface area contributed by atoms with Crippen molar-refractivity contribution in [2.45, 2.75) is 20.4 Å². The second-order valence-electron chi connectivity index (χ2n) is 2.60. The summed E-state index contributed by atoms with van der Waals surface area (Å²) in [6, 6.07) is 1.90. The molecule has 0 aliphatic rings. The molecule has 1 rings (SSSR count). The highest BCUT2D eigenvalue weighted by atomic mass is 16.5. The van der Waals surface area contributed by atoms with Crippen molar-refractivity contribution in [2.75, 3.05) is 7.05 Å². The summed E-state index contributed by atoms with van der Waals surface area (Å²) in [7, 11) is 1.74. The lowest BCUT2D eigenvalue weighted by atomic mass is 10.4. The molecule has 0 aliphatic heterocycles. The number of aromatic nitrogens is 1. The average molecular weight is 167 g/mol. The quantitative estimate of drug-likeness (QED) is 0.530. The van der Waals surface area contributed by atoms with E-state index in [1.165, 1.54) is 0 Å². The molecule has 0 bridgehead atoms. The van der Waals surface area contributed by atoms with Gasteiger partial charge in [0.15, 0.2) is 5.76 Å². The van der Waals surface area contributed by atoms with Gasteiger partial charge >= 0.3 is 0 Å². The van der Waals surface area contributed by atoms with Crippen molar-refractivity contribution in [1.82, 2.24) is 10.5 Å². The van der Waals surface area contributed by atoms with E-state index in [2.05, 4.69) is 15.5 Å². The Morgan fingerprint density at radius 3 is 3.00 bits per heavy atom. The summed E-state index contributed by atoms with van der Waals surface area (Å²) in [4.78, 5) is 3.95. The molecule has 4 heteroatoms. The average Bonchev–Trinajstić information content (AvgIpc) is 2.47. The van der Waals surface area contributed by atoms with Gasteiger partial charge in [0.05, 0.1) is 18.1 Å². The van der Waals surface area contributed by atoms with E-state index in [0.717, 1.165) is 17.3 Å². The van der Waals surface area contributed by atoms with Crippen molar-refractivity contribution in [3.05, 3.63) is 17.5 Å². The topological polar surface area (TPSA) is 50.4 Å². The third-order valence-electron chi connectivity index (χ3n) is 1.53. The summed E-state index contributed by atoms with van der Waals surface area (Å²) in [5.74, 6) is 1.72. The van der Waals surface area contributed by atoms with Crippen LogP contribution in [0.3, 0.4) is 0 Å². The van der Waals surface area contributed by atoms with E-state index in [-0.39, 0.29) is 0 Å². The van der Waals surface area contributed by atoms with Gasteiger partial charge in [-0.1, -0.05) is 5.16 Å². The van der Waals surface area contributed by atoms with Crippen molar-refractivity contribution in [1.29, 1.82) is 0 Å². The number of amidine groups is 1. The van der Waals surface area contributed by atoms with Crippen LogP contribution in [-0.2, 0) is 6.54 Å². The van der Waals surface area contributed by atoms with Gasteiger partial charge < -0.3 is 9.84 Å². The van der Waals surface area contributed by atoms with Crippen LogP contribution < -0.4 is 5.32 Å². The zero-order valence-electron chi connectivity index (χ0n) is 7.59. The fourth-order valence-electron chi connectivity index (χ4n) is 0.794. The second kappa shape index (κ2) is 3.90. The Morgan fingerprint density at radius 2 is 2.50 bits per heavy atom. The fourth-order valence-corrected chi connectivity index (χ4v) is 0.794. The predicted octanol–water partition coefficient (Wildman–Crippen LogP) is 1.12. The largest absolute Gasteiger partial charge is 0.367 e. The Hall–Kier alpha value is -1.32. The SMILES string of the molecule is CN=C(C)NCc1cc(C)no1. The molecule has 0 saturated carbocycles. The smallest absolute Gasteiger partial charge is 0.156 e. The highest BCUT2D eigenvalue weighted by molar-refractivity contribution is 5.79. The lowest BCUT2D eigenvalue weighted by molar-refractivity contribution is 0.377. The first-order valence-corrected chi connectivity index (χ1v) is 3.82. The van der Waals surface area contributed by atoms with Crippen LogP contribution >= 0.6 is 0 Å². The number of nitrogens with zero attached hydrogens (tertiary/aromatic N) is 2. The highest BCUT2D eigenvalue weighted by Crippen LogP contribution is 2.00. The molecule has 1 N–H and O–H groups in total. The normalized spacial score (nSPS) is 11.8. The molecule has 0 atom stereocenters. The van der Waals surface area contributed by atoms with Gasteiger partial charge in [-0.3, -0.25) is 4.99 Å². The monoisotopic (exact) mass is 167 g/mol. The van der Waals surface area contributed by atoms with Crippen molar-refractivity contribution >= 4 is 5.84 Å². The summed E-state index contributed by atoms with van der Waals surface area (Å²) in [5.41, 5.74) is 0.901. The van der Waals surface area contributed by atoms with Gasteiger partial charge in [-0.25, -0.2) is 0 Å². The Labute approximate surface area is 71.7 Å². The van der Waals surface area contributed by atoms with Gasteiger partial charge in [0.2, 0.25) is 0 Å². The molecule has 0 unspecified atom stereocenters. The summed E-state index contributed by atoms with van der Waals surface area (Å²) in [6.45, 7) is 4.45. The number of rotatable bonds is 2. The minimum Gasteiger partial charge on any atom is -0.367 e. The van der Waals surface area contributed by atoms with E-state index >= 15 is 0 Å². The summed E-state index contributed by atoms with van der Waals surface area (Å²) in [5, 5.41) is 6.84. The third-order valence-corrected chi connectivity index (χ3v) is 1.53. The highest BCUT2D eigenvalue weighted by Gasteiger charge is 1.98. The van der Waals surface area contributed by atoms with E-state index in [4.69, 9.17) is 4.52 Å². The van der Waals surface area contributed by atoms with Gasteiger partial charge in [0.1, 0.15) is 0 Å². The van der Waals surface area contributed by atoms with Gasteiger partial charge in [0.25, 0.3) is 0 Å². The zero-order chi connectivity index (χ0) is 8.97. The maximum absolute atomic E-state index is 4.99. The number of aryl methyl sites for hydroxylation is 1. The Kier molecular flexibility index (Phi) is 2.85. The van der Waals surface area contributed by atoms with Crippen molar-refractivity contribution in [3.63, 3.8) is 0 Å². The molecule has 0 aromatic carbocycles. The Bertz CT molecular complexity index is 278. The molecule has 4 nitrogen and oxygen atoms in total. The molecular formula is C8H13N3O. The van der Waals surface area contributed by atoms with Crippen LogP contribution in [0.5, 0.6) is 0 Å². The zero-order valence-corrected chi connectivity index (χ0v) is 7.59. The molecular weight excluding hydrogens is 154 g/mol. The molecule has 0 fully saturated rings. The molecule has 0 saturated heterocycles. The van der Waals surface area contributed by atoms with E-state index in [9.17, 15) is 0 Å². The second-order valence-corrected chi connectivity index (χ2v) is 2.60. The molecule has 0 radical (unpaired) electrons. The molecule has 12 heavy (non-hydrogen) atoms. The maximum Gasteiger partial charge on any atom is 0.156 e. The minimum atomic E-state index is 0.643. The summed E-state index contributed by atoms with van der Waals surface area (Å²) < 4.78 is 4.99. The lowest BCUT2D eigenvalue weighted by Crippen LogP contribution is -2.18. The van der Waals surface area contributed by atoms with Crippen LogP contribution in [-0.4, -0.2) is 18.0 Å². The molecule has 1 aromatic heterocycles. The molecule has 1 aromatic rings. The van der Waals surface area contributed by atoms with Crippen LogP contribution in [0.2, 0.25) is 0 Å². The summed E-state index contributed by atoms with van der Waals surface area (Å²) in [6.07, 6.45) is 0. The van der Waals surface area contributed by atoms with E-state index in [1.807, 2.05) is 19.9 Å². The van der Waals surface area contributed by atoms with E-state index in [1.54, 1.807) is 7.05 Å². The van der Waals surface area contributed by atoms with Crippen LogP contribution in [0.4, 0.5) is 0 Å². The van der Waals surface area contributed by atoms with Gasteiger partial charge in [-0.2, -0.15) is 0 Å². The standard InChI is InChI=1S/C8H13N3O/c1-6-4-8(12-11-6)5-10-7(2)9-3/h4H,5H2,1-3H3,(H,9,10). The lowest BCUT2D eigenvalue weighted by Gasteiger charge is -1.99. The van der Waals surface area contributed by atoms with Crippen LogP contribution in [0.15, 0.2) is 15.6 Å². The first-order valence-electron chi connectivity index (χ1n) is 3.82. The third kappa shape index (κ3) is 2.38. The number of hydrogen-bond acceptors (Lipinski definition) is 3. The first-order chi connectivity index (χ1) is 5.72. The molecule has 0 spiro atoms.